The van der Waals surface area contributed by atoms with Crippen LogP contribution < -0.4 is 33.2 Å². The summed E-state index contributed by atoms with van der Waals surface area (Å²) in [6, 6.07) is 14.0. The molecule has 2 aromatic heterocycles. The Hall–Kier alpha value is -2.22. The fourth-order valence-electron chi connectivity index (χ4n) is 2.69. The minimum absolute atomic E-state index is 0.0337. The Balaban J connectivity index is 0.000000335. The molecule has 2 aromatic carbocycles. The van der Waals surface area contributed by atoms with E-state index in [0.717, 1.165) is 26.3 Å². The molecule has 0 unspecified atom stereocenters. The quantitative estimate of drug-likeness (QED) is 0.0996. The zero-order valence-corrected chi connectivity index (χ0v) is 26.1. The standard InChI is InChI=1S/2C11H9N3O2S.4ClH.2Cu/c2*12-11(17)14-13-5-7-6-16-9-4-2-1-3-8(9)10(7)15;;;;;;/h2*1-6H,(H3,12,14,17);4*1H;;/q;;;;;;2*+2/p-4/b2*13-5+;;;;;;. The van der Waals surface area contributed by atoms with Gasteiger partial charge in [-0.1, -0.05) is 24.3 Å². The van der Waals surface area contributed by atoms with Gasteiger partial charge in [0.15, 0.2) is 10.2 Å². The van der Waals surface area contributed by atoms with Crippen molar-refractivity contribution < 1.29 is 35.1 Å². The van der Waals surface area contributed by atoms with Crippen molar-refractivity contribution >= 4 is 109 Å². The number of benzene rings is 2. The topological polar surface area (TPSA) is 161 Å². The van der Waals surface area contributed by atoms with Crippen molar-refractivity contribution in [3.63, 3.8) is 0 Å². The van der Waals surface area contributed by atoms with Gasteiger partial charge in [-0.25, -0.2) is 0 Å². The second kappa shape index (κ2) is 20.6. The SMILES string of the molecule is NC(=S)N/N=C/c1coc2ccccc2c1=O.NC(=S)N/N=C/c1coc2ccccc2c1=O.[Cl][Cu][Cl].[Cl][Cu][Cl]. The van der Waals surface area contributed by atoms with Crippen LogP contribution in [0.4, 0.5) is 0 Å². The molecule has 40 heavy (non-hydrogen) atoms. The van der Waals surface area contributed by atoms with Gasteiger partial charge in [0, 0.05) is 0 Å². The number of fused-ring (bicyclic) bond motifs is 2. The van der Waals surface area contributed by atoms with Crippen LogP contribution in [-0.2, 0) is 26.3 Å². The molecule has 0 aliphatic carbocycles. The first-order valence-corrected chi connectivity index (χ1v) is 16.0. The Morgan fingerprint density at radius 3 is 1.38 bits per heavy atom. The summed E-state index contributed by atoms with van der Waals surface area (Å²) in [5, 5.41) is 8.50. The molecule has 0 radical (unpaired) electrons. The average Bonchev–Trinajstić information content (AvgIpc) is 2.92. The van der Waals surface area contributed by atoms with Crippen LogP contribution >= 0.6 is 64.8 Å². The number of thiocarbonyl (C=S) groups is 2. The van der Waals surface area contributed by atoms with E-state index in [-0.39, 0.29) is 21.1 Å². The predicted octanol–water partition coefficient (Wildman–Crippen LogP) is 4.67. The molecular formula is C22H18Cl4Cu2N6O4S2. The van der Waals surface area contributed by atoms with E-state index < -0.39 is 0 Å². The fourth-order valence-corrected chi connectivity index (χ4v) is 2.80. The summed E-state index contributed by atoms with van der Waals surface area (Å²) >= 11 is 10.7. The van der Waals surface area contributed by atoms with E-state index in [9.17, 15) is 9.59 Å². The number of hydrogen-bond acceptors (Lipinski definition) is 8. The molecule has 0 saturated heterocycles. The molecule has 10 nitrogen and oxygen atoms in total. The second-order valence-corrected chi connectivity index (χ2v) is 10.6. The third-order valence-electron chi connectivity index (χ3n) is 4.17. The van der Waals surface area contributed by atoms with Crippen molar-refractivity contribution in [2.45, 2.75) is 0 Å². The number of para-hydroxylation sites is 2. The van der Waals surface area contributed by atoms with Gasteiger partial charge in [-0.05, 0) is 48.7 Å². The fraction of sp³-hybridized carbons (Fsp3) is 0. The summed E-state index contributed by atoms with van der Waals surface area (Å²) in [5.41, 5.74) is 16.5. The summed E-state index contributed by atoms with van der Waals surface area (Å²) in [6.45, 7) is 0. The number of hydrogen-bond donors (Lipinski definition) is 4. The normalized spacial score (nSPS) is 10.3. The average molecular weight is 763 g/mol. The van der Waals surface area contributed by atoms with Gasteiger partial charge in [0.05, 0.1) is 34.3 Å². The van der Waals surface area contributed by atoms with E-state index in [4.69, 9.17) is 20.3 Å². The van der Waals surface area contributed by atoms with E-state index in [0.29, 0.717) is 33.1 Å². The summed E-state index contributed by atoms with van der Waals surface area (Å²) in [5.74, 6) is 0. The Morgan fingerprint density at radius 1 is 0.725 bits per heavy atom. The molecule has 4 aromatic rings. The molecule has 222 valence electrons. The third kappa shape index (κ3) is 13.0. The number of halogens is 4. The van der Waals surface area contributed by atoms with Crippen molar-refractivity contribution in [1.82, 2.24) is 10.9 Å². The Labute approximate surface area is 267 Å². The zero-order chi connectivity index (χ0) is 29.9. The molecule has 6 N–H and O–H groups in total. The number of rotatable bonds is 4. The van der Waals surface area contributed by atoms with Crippen LogP contribution in [0, 0.1) is 0 Å². The van der Waals surface area contributed by atoms with E-state index in [1.807, 2.05) is 0 Å². The maximum atomic E-state index is 12.0. The van der Waals surface area contributed by atoms with Crippen LogP contribution in [0.15, 0.2) is 89.7 Å². The van der Waals surface area contributed by atoms with E-state index in [2.05, 4.69) is 85.9 Å². The van der Waals surface area contributed by atoms with Gasteiger partial charge < -0.3 is 20.3 Å². The van der Waals surface area contributed by atoms with Crippen LogP contribution in [0.5, 0.6) is 0 Å². The van der Waals surface area contributed by atoms with Gasteiger partial charge in [0.2, 0.25) is 10.9 Å². The van der Waals surface area contributed by atoms with Crippen molar-refractivity contribution in [2.24, 2.45) is 21.7 Å². The molecule has 2 heterocycles. The molecule has 18 heteroatoms. The van der Waals surface area contributed by atoms with Gasteiger partial charge in [-0.2, -0.15) is 10.2 Å². The Morgan fingerprint density at radius 2 is 1.05 bits per heavy atom. The number of nitrogens with two attached hydrogens (primary N) is 2. The summed E-state index contributed by atoms with van der Waals surface area (Å²) in [7, 11) is 18.7. The number of nitrogens with one attached hydrogen (secondary N) is 2. The molecule has 0 aliphatic heterocycles. The van der Waals surface area contributed by atoms with Gasteiger partial charge in [-0.3, -0.25) is 20.4 Å². The Bertz CT molecular complexity index is 1470. The molecule has 0 fully saturated rings. The molecule has 0 atom stereocenters. The van der Waals surface area contributed by atoms with Crippen LogP contribution in [0.25, 0.3) is 21.9 Å². The van der Waals surface area contributed by atoms with Crippen LogP contribution in [0.2, 0.25) is 0 Å². The van der Waals surface area contributed by atoms with Crippen molar-refractivity contribution in [1.29, 1.82) is 0 Å². The monoisotopic (exact) mass is 760 g/mol. The van der Waals surface area contributed by atoms with Crippen LogP contribution in [0.1, 0.15) is 11.1 Å². The van der Waals surface area contributed by atoms with E-state index >= 15 is 0 Å². The summed E-state index contributed by atoms with van der Waals surface area (Å²) in [4.78, 5) is 23.9. The first-order chi connectivity index (χ1) is 19.2. The van der Waals surface area contributed by atoms with Crippen molar-refractivity contribution in [2.75, 3.05) is 0 Å². The summed E-state index contributed by atoms with van der Waals surface area (Å²) in [6.07, 6.45) is 5.32. The molecule has 0 spiro atoms. The predicted molar refractivity (Wildman–Crippen MR) is 163 cm³/mol. The molecule has 4 rings (SSSR count). The van der Waals surface area contributed by atoms with Gasteiger partial charge in [-0.15, -0.1) is 0 Å². The van der Waals surface area contributed by atoms with E-state index in [1.54, 1.807) is 48.5 Å². The molecule has 0 bridgehead atoms. The first kappa shape index (κ1) is 35.8. The molecular weight excluding hydrogens is 745 g/mol. The van der Waals surface area contributed by atoms with Crippen LogP contribution in [0.3, 0.4) is 0 Å². The Kier molecular flexibility index (Phi) is 18.5. The van der Waals surface area contributed by atoms with Crippen molar-refractivity contribution in [3.05, 3.63) is 92.6 Å². The molecule has 0 aliphatic rings. The third-order valence-corrected chi connectivity index (χ3v) is 4.35. The maximum absolute atomic E-state index is 12.0. The van der Waals surface area contributed by atoms with Gasteiger partial charge in [0.1, 0.15) is 23.7 Å². The molecule has 0 saturated carbocycles. The minimum atomic E-state index is -0.152. The number of nitrogens with zero attached hydrogens (tertiary/aromatic N) is 2. The second-order valence-electron chi connectivity index (χ2n) is 6.59. The first-order valence-electron chi connectivity index (χ1n) is 10.0. The van der Waals surface area contributed by atoms with Crippen molar-refractivity contribution in [3.8, 4) is 0 Å². The van der Waals surface area contributed by atoms with Crippen LogP contribution in [-0.4, -0.2) is 22.7 Å². The number of hydrazone groups is 2. The summed E-state index contributed by atoms with van der Waals surface area (Å²) < 4.78 is 10.6. The van der Waals surface area contributed by atoms with Gasteiger partial charge in [0.25, 0.3) is 0 Å². The zero-order valence-electron chi connectivity index (χ0n) is 19.5. The molecule has 0 amide bonds. The van der Waals surface area contributed by atoms with E-state index in [1.165, 1.54) is 25.0 Å². The van der Waals surface area contributed by atoms with Gasteiger partial charge >= 0.3 is 66.7 Å².